The number of alkyl halides is 3. The molecular formula is C7H7F3N2OS. The normalized spacial score (nSPS) is 11.5. The van der Waals surface area contributed by atoms with E-state index in [4.69, 9.17) is 0 Å². The molecule has 0 unspecified atom stereocenters. The maximum Gasteiger partial charge on any atom is 0.433 e. The molecule has 0 amide bonds. The Kier molecular flexibility index (Phi) is 3.20. The van der Waals surface area contributed by atoms with Crippen LogP contribution in [0.3, 0.4) is 0 Å². The van der Waals surface area contributed by atoms with Gasteiger partial charge in [0.1, 0.15) is 0 Å². The van der Waals surface area contributed by atoms with E-state index in [2.05, 4.69) is 14.7 Å². The van der Waals surface area contributed by atoms with Crippen LogP contribution in [0.4, 0.5) is 13.2 Å². The lowest BCUT2D eigenvalue weighted by molar-refractivity contribution is -0.141. The van der Waals surface area contributed by atoms with Gasteiger partial charge in [-0.3, -0.25) is 0 Å². The molecule has 1 aromatic heterocycles. The minimum Gasteiger partial charge on any atom is -0.481 e. The minimum absolute atomic E-state index is 0.0386. The highest BCUT2D eigenvalue weighted by Gasteiger charge is 2.33. The van der Waals surface area contributed by atoms with E-state index in [1.54, 1.807) is 6.26 Å². The number of aromatic nitrogens is 2. The fourth-order valence-electron chi connectivity index (χ4n) is 0.745. The smallest absolute Gasteiger partial charge is 0.433 e. The zero-order chi connectivity index (χ0) is 10.8. The Labute approximate surface area is 82.7 Å². The van der Waals surface area contributed by atoms with Crippen LogP contribution in [0.5, 0.6) is 5.88 Å². The van der Waals surface area contributed by atoms with Crippen molar-refractivity contribution in [3.05, 3.63) is 11.8 Å². The van der Waals surface area contributed by atoms with Gasteiger partial charge >= 0.3 is 6.18 Å². The number of ether oxygens (including phenoxy) is 1. The number of thioether (sulfide) groups is 1. The van der Waals surface area contributed by atoms with Crippen LogP contribution in [-0.4, -0.2) is 23.3 Å². The first-order chi connectivity index (χ1) is 6.47. The fraction of sp³-hybridized carbons (Fsp3) is 0.429. The first-order valence-corrected chi connectivity index (χ1v) is 4.74. The molecule has 0 fully saturated rings. The van der Waals surface area contributed by atoms with Gasteiger partial charge in [-0.15, -0.1) is 0 Å². The minimum atomic E-state index is -4.47. The number of rotatable bonds is 2. The van der Waals surface area contributed by atoms with Crippen molar-refractivity contribution in [1.82, 2.24) is 9.97 Å². The van der Waals surface area contributed by atoms with Crippen LogP contribution >= 0.6 is 11.8 Å². The van der Waals surface area contributed by atoms with Gasteiger partial charge in [-0.1, -0.05) is 11.8 Å². The number of hydrogen-bond acceptors (Lipinski definition) is 4. The topological polar surface area (TPSA) is 35.0 Å². The van der Waals surface area contributed by atoms with E-state index in [1.165, 1.54) is 7.11 Å². The van der Waals surface area contributed by atoms with Crippen LogP contribution < -0.4 is 4.74 Å². The molecule has 3 nitrogen and oxygen atoms in total. The van der Waals surface area contributed by atoms with Crippen molar-refractivity contribution < 1.29 is 17.9 Å². The summed E-state index contributed by atoms with van der Waals surface area (Å²) in [6.45, 7) is 0. The van der Waals surface area contributed by atoms with E-state index in [1.807, 2.05) is 0 Å². The number of nitrogens with zero attached hydrogens (tertiary/aromatic N) is 2. The lowest BCUT2D eigenvalue weighted by Crippen LogP contribution is -2.09. The maximum absolute atomic E-state index is 12.3. The van der Waals surface area contributed by atoms with Gasteiger partial charge in [-0.2, -0.15) is 18.2 Å². The second-order valence-corrected chi connectivity index (χ2v) is 3.05. The van der Waals surface area contributed by atoms with E-state index in [0.717, 1.165) is 17.8 Å². The van der Waals surface area contributed by atoms with E-state index < -0.39 is 11.9 Å². The Balaban J connectivity index is 3.17. The molecule has 0 saturated carbocycles. The molecule has 1 aromatic rings. The number of methoxy groups -OCH3 is 1. The fourth-order valence-corrected chi connectivity index (χ4v) is 1.12. The van der Waals surface area contributed by atoms with Gasteiger partial charge in [0, 0.05) is 6.07 Å². The van der Waals surface area contributed by atoms with Crippen LogP contribution in [-0.2, 0) is 6.18 Å². The summed E-state index contributed by atoms with van der Waals surface area (Å²) in [5.74, 6) is -0.0864. The molecule has 0 aliphatic carbocycles. The Bertz CT molecular complexity index is 307. The molecule has 14 heavy (non-hydrogen) atoms. The van der Waals surface area contributed by atoms with Gasteiger partial charge in [-0.25, -0.2) is 4.98 Å². The predicted octanol–water partition coefficient (Wildman–Crippen LogP) is 2.23. The van der Waals surface area contributed by atoms with E-state index in [9.17, 15) is 13.2 Å². The molecule has 78 valence electrons. The quantitative estimate of drug-likeness (QED) is 0.570. The first kappa shape index (κ1) is 11.1. The van der Waals surface area contributed by atoms with Crippen molar-refractivity contribution in [2.24, 2.45) is 0 Å². The van der Waals surface area contributed by atoms with E-state index in [0.29, 0.717) is 0 Å². The van der Waals surface area contributed by atoms with Crippen LogP contribution in [0.1, 0.15) is 5.69 Å². The Hall–Kier alpha value is -0.980. The highest BCUT2D eigenvalue weighted by molar-refractivity contribution is 7.98. The summed E-state index contributed by atoms with van der Waals surface area (Å²) >= 11 is 1.03. The summed E-state index contributed by atoms with van der Waals surface area (Å²) in [5.41, 5.74) is -0.992. The summed E-state index contributed by atoms with van der Waals surface area (Å²) < 4.78 is 41.4. The maximum atomic E-state index is 12.3. The van der Waals surface area contributed by atoms with Crippen LogP contribution in [0.25, 0.3) is 0 Å². The summed E-state index contributed by atoms with van der Waals surface area (Å²) in [4.78, 5) is 7.03. The SMILES string of the molecule is COc1cc(C(F)(F)F)nc(SC)n1. The highest BCUT2D eigenvalue weighted by atomic mass is 32.2. The lowest BCUT2D eigenvalue weighted by Gasteiger charge is -2.08. The van der Waals surface area contributed by atoms with Crippen molar-refractivity contribution in [1.29, 1.82) is 0 Å². The van der Waals surface area contributed by atoms with Crippen molar-refractivity contribution >= 4 is 11.8 Å². The molecule has 0 saturated heterocycles. The van der Waals surface area contributed by atoms with Crippen LogP contribution in [0, 0.1) is 0 Å². The number of hydrogen-bond donors (Lipinski definition) is 0. The second-order valence-electron chi connectivity index (χ2n) is 2.28. The molecule has 1 heterocycles. The van der Waals surface area contributed by atoms with Crippen LogP contribution in [0.15, 0.2) is 11.2 Å². The molecule has 1 rings (SSSR count). The third kappa shape index (κ3) is 2.50. The van der Waals surface area contributed by atoms with Gasteiger partial charge < -0.3 is 4.74 Å². The number of halogens is 3. The molecule has 0 aromatic carbocycles. The third-order valence-corrected chi connectivity index (χ3v) is 1.91. The largest absolute Gasteiger partial charge is 0.481 e. The monoisotopic (exact) mass is 224 g/mol. The van der Waals surface area contributed by atoms with Crippen molar-refractivity contribution in [2.75, 3.05) is 13.4 Å². The van der Waals surface area contributed by atoms with E-state index >= 15 is 0 Å². The van der Waals surface area contributed by atoms with Crippen LogP contribution in [0.2, 0.25) is 0 Å². The van der Waals surface area contributed by atoms with Gasteiger partial charge in [0.05, 0.1) is 7.11 Å². The molecule has 7 heteroatoms. The van der Waals surface area contributed by atoms with Crippen molar-refractivity contribution in [2.45, 2.75) is 11.3 Å². The molecule has 0 aliphatic heterocycles. The molecule has 0 spiro atoms. The highest BCUT2D eigenvalue weighted by Crippen LogP contribution is 2.30. The van der Waals surface area contributed by atoms with Crippen molar-refractivity contribution in [3.8, 4) is 5.88 Å². The molecule has 0 bridgehead atoms. The molecule has 0 atom stereocenters. The van der Waals surface area contributed by atoms with E-state index in [-0.39, 0.29) is 11.0 Å². The zero-order valence-corrected chi connectivity index (χ0v) is 8.24. The average molecular weight is 224 g/mol. The van der Waals surface area contributed by atoms with Gasteiger partial charge in [0.15, 0.2) is 10.9 Å². The first-order valence-electron chi connectivity index (χ1n) is 3.51. The standard InChI is InChI=1S/C7H7F3N2OS/c1-13-5-3-4(7(8,9)10)11-6(12-5)14-2/h3H,1-2H3. The molecular weight excluding hydrogens is 217 g/mol. The van der Waals surface area contributed by atoms with Gasteiger partial charge in [-0.05, 0) is 6.26 Å². The molecule has 0 N–H and O–H groups in total. The van der Waals surface area contributed by atoms with Gasteiger partial charge in [0.2, 0.25) is 5.88 Å². The summed E-state index contributed by atoms with van der Waals surface area (Å²) in [5, 5.41) is 0.0386. The molecule has 0 radical (unpaired) electrons. The average Bonchev–Trinajstić information content (AvgIpc) is 2.15. The van der Waals surface area contributed by atoms with Crippen molar-refractivity contribution in [3.63, 3.8) is 0 Å². The summed E-state index contributed by atoms with van der Waals surface area (Å²) in [7, 11) is 1.26. The summed E-state index contributed by atoms with van der Waals surface area (Å²) in [6, 6.07) is 0.764. The third-order valence-electron chi connectivity index (χ3n) is 1.36. The Morgan fingerprint density at radius 1 is 1.36 bits per heavy atom. The Morgan fingerprint density at radius 3 is 2.43 bits per heavy atom. The predicted molar refractivity (Wildman–Crippen MR) is 45.4 cm³/mol. The van der Waals surface area contributed by atoms with Gasteiger partial charge in [0.25, 0.3) is 0 Å². The molecule has 0 aliphatic rings. The lowest BCUT2D eigenvalue weighted by atomic mass is 10.4. The zero-order valence-electron chi connectivity index (χ0n) is 7.42. The Morgan fingerprint density at radius 2 is 2.00 bits per heavy atom. The summed E-state index contributed by atoms with van der Waals surface area (Å²) in [6.07, 6.45) is -2.88. The second kappa shape index (κ2) is 4.04.